The van der Waals surface area contributed by atoms with E-state index < -0.39 is 18.6 Å². The van der Waals surface area contributed by atoms with E-state index in [0.717, 1.165) is 61.3 Å². The smallest absolute Gasteiger partial charge is 0.201 e. The molecule has 0 amide bonds. The Balaban J connectivity index is 1.55. The molecule has 0 saturated heterocycles. The number of pyridine rings is 1. The first-order valence-electron chi connectivity index (χ1n) is 14.9. The topological polar surface area (TPSA) is 3.88 Å². The summed E-state index contributed by atoms with van der Waals surface area (Å²) < 4.78 is 47.3. The average Bonchev–Trinajstić information content (AvgIpc) is 2.95. The monoisotopic (exact) mass is 469 g/mol. The highest BCUT2D eigenvalue weighted by Gasteiger charge is 2.42. The second-order valence-corrected chi connectivity index (χ2v) is 9.97. The van der Waals surface area contributed by atoms with Gasteiger partial charge in [0.1, 0.15) is 7.05 Å². The highest BCUT2D eigenvalue weighted by molar-refractivity contribution is 5.77. The molecule has 8 rings (SSSR count). The molecule has 0 N–H and O–H groups in total. The number of rotatable bonds is 2. The van der Waals surface area contributed by atoms with Gasteiger partial charge >= 0.3 is 0 Å². The van der Waals surface area contributed by atoms with Gasteiger partial charge in [-0.15, -0.1) is 0 Å². The fourth-order valence-corrected chi connectivity index (χ4v) is 6.18. The number of aromatic nitrogens is 1. The zero-order chi connectivity index (χ0) is 28.9. The van der Waals surface area contributed by atoms with E-state index in [4.69, 9.17) is 4.11 Å². The Kier molecular flexibility index (Phi) is 3.59. The van der Waals surface area contributed by atoms with Crippen LogP contribution < -0.4 is 4.57 Å². The molecule has 1 heterocycles. The van der Waals surface area contributed by atoms with Crippen molar-refractivity contribution in [2.75, 3.05) is 0 Å². The Hall–Kier alpha value is -3.97. The molecule has 1 nitrogen and oxygen atoms in total. The molecule has 1 heteroatoms. The van der Waals surface area contributed by atoms with Gasteiger partial charge in [-0.1, -0.05) is 72.8 Å². The number of hydrogen-bond donors (Lipinski definition) is 0. The summed E-state index contributed by atoms with van der Waals surface area (Å²) in [6.45, 7) is 1.71. The van der Waals surface area contributed by atoms with Crippen LogP contribution in [0.1, 0.15) is 68.7 Å². The first-order chi connectivity index (χ1) is 19.5. The molecule has 0 unspecified atom stereocenters. The van der Waals surface area contributed by atoms with Crippen molar-refractivity contribution >= 4 is 0 Å². The van der Waals surface area contributed by atoms with Crippen LogP contribution in [0.5, 0.6) is 0 Å². The number of aryl methyl sites for hydroxylation is 4. The number of benzene rings is 4. The molecule has 1 aromatic heterocycles. The van der Waals surface area contributed by atoms with Crippen molar-refractivity contribution in [3.05, 3.63) is 147 Å². The molecule has 3 aliphatic carbocycles. The Bertz CT molecular complexity index is 1850. The molecule has 4 aromatic carbocycles. The van der Waals surface area contributed by atoms with Crippen molar-refractivity contribution in [2.24, 2.45) is 7.05 Å². The van der Waals surface area contributed by atoms with Gasteiger partial charge in [-0.05, 0) is 88.5 Å². The summed E-state index contributed by atoms with van der Waals surface area (Å²) in [6, 6.07) is 29.8. The molecule has 3 aliphatic rings. The van der Waals surface area contributed by atoms with Gasteiger partial charge in [-0.25, -0.2) is 4.57 Å². The summed E-state index contributed by atoms with van der Waals surface area (Å²) in [6.07, 6.45) is 1.72. The standard InChI is InChI=1S/C35H30N/c1-21-11-5-6-12-25(21)32-19-30(23(3)20-36(32)4)24-17-22(2)33-31(18-24)34-26-13-7-9-15-28(26)35(33)29-16-10-8-14-27(29)34/h5-20,34-35H,1-4H3/q+1/i3D3,34D,35D. The molecule has 2 bridgehead atoms. The molecule has 0 fully saturated rings. The highest BCUT2D eigenvalue weighted by atomic mass is 14.9. The van der Waals surface area contributed by atoms with Crippen LogP contribution in [0.15, 0.2) is 97.2 Å². The SMILES string of the molecule is [2H]C([2H])([2H])c1c[n+](C)c(-c2ccccc2C)cc1-c1cc(C)c2c(c1)C1([2H])c3ccccc3C2([2H])c2ccccc21. The largest absolute Gasteiger partial charge is 0.213 e. The first kappa shape index (κ1) is 16.7. The zero-order valence-corrected chi connectivity index (χ0v) is 20.7. The predicted octanol–water partition coefficient (Wildman–Crippen LogP) is 7.76. The van der Waals surface area contributed by atoms with Gasteiger partial charge in [0.15, 0.2) is 6.20 Å². The van der Waals surface area contributed by atoms with Crippen LogP contribution in [0.25, 0.3) is 22.4 Å². The fourth-order valence-electron chi connectivity index (χ4n) is 6.18. The predicted molar refractivity (Wildman–Crippen MR) is 147 cm³/mol. The van der Waals surface area contributed by atoms with Gasteiger partial charge in [0.2, 0.25) is 5.69 Å². The summed E-state index contributed by atoms with van der Waals surface area (Å²) >= 11 is 0. The third-order valence-corrected chi connectivity index (χ3v) is 7.79. The maximum Gasteiger partial charge on any atom is 0.213 e. The zero-order valence-electron chi connectivity index (χ0n) is 25.7. The van der Waals surface area contributed by atoms with Gasteiger partial charge in [0.05, 0.1) is 0 Å². The lowest BCUT2D eigenvalue weighted by Gasteiger charge is -2.43. The van der Waals surface area contributed by atoms with E-state index in [0.29, 0.717) is 5.56 Å². The van der Waals surface area contributed by atoms with Crippen LogP contribution in [0.4, 0.5) is 0 Å². The molecule has 174 valence electrons. The molecule has 0 aliphatic heterocycles. The lowest BCUT2D eigenvalue weighted by Crippen LogP contribution is -2.31. The minimum Gasteiger partial charge on any atom is -0.201 e. The van der Waals surface area contributed by atoms with E-state index in [1.165, 1.54) is 0 Å². The van der Waals surface area contributed by atoms with Crippen LogP contribution in [-0.4, -0.2) is 0 Å². The first-order valence-corrected chi connectivity index (χ1v) is 12.4. The quantitative estimate of drug-likeness (QED) is 0.233. The summed E-state index contributed by atoms with van der Waals surface area (Å²) in [5.74, 6) is -2.37. The van der Waals surface area contributed by atoms with E-state index in [1.54, 1.807) is 6.20 Å². The highest BCUT2D eigenvalue weighted by Crippen LogP contribution is 2.57. The summed E-state index contributed by atoms with van der Waals surface area (Å²) in [7, 11) is 1.88. The van der Waals surface area contributed by atoms with E-state index in [2.05, 4.69) is 19.1 Å². The maximum atomic E-state index is 10.1. The summed E-state index contributed by atoms with van der Waals surface area (Å²) in [4.78, 5) is 0. The van der Waals surface area contributed by atoms with Crippen LogP contribution >= 0.6 is 0 Å². The normalized spacial score (nSPS) is 23.4. The van der Waals surface area contributed by atoms with Crippen LogP contribution in [0.3, 0.4) is 0 Å². The van der Waals surface area contributed by atoms with Crippen LogP contribution in [0.2, 0.25) is 0 Å². The molecular formula is C35H30N+. The maximum absolute atomic E-state index is 10.1. The van der Waals surface area contributed by atoms with Gasteiger partial charge in [0.25, 0.3) is 0 Å². The molecule has 0 atom stereocenters. The van der Waals surface area contributed by atoms with Crippen molar-refractivity contribution in [3.63, 3.8) is 0 Å². The van der Waals surface area contributed by atoms with Crippen LogP contribution in [0, 0.1) is 20.7 Å². The van der Waals surface area contributed by atoms with Gasteiger partial charge in [-0.2, -0.15) is 0 Å². The molecule has 5 aromatic rings. The lowest BCUT2D eigenvalue weighted by atomic mass is 9.60. The Morgan fingerprint density at radius 2 is 1.25 bits per heavy atom. The van der Waals surface area contributed by atoms with Crippen molar-refractivity contribution in [3.8, 4) is 22.4 Å². The van der Waals surface area contributed by atoms with Gasteiger partial charge in [-0.3, -0.25) is 0 Å². The van der Waals surface area contributed by atoms with Crippen LogP contribution in [-0.2, 0) is 7.05 Å². The summed E-state index contributed by atoms with van der Waals surface area (Å²) in [5, 5.41) is 0. The number of nitrogens with zero attached hydrogens (tertiary/aromatic N) is 1. The minimum absolute atomic E-state index is 0.262. The third-order valence-electron chi connectivity index (χ3n) is 7.79. The van der Waals surface area contributed by atoms with Crippen molar-refractivity contribution in [1.29, 1.82) is 0 Å². The Labute approximate surface area is 220 Å². The van der Waals surface area contributed by atoms with Crippen molar-refractivity contribution in [1.82, 2.24) is 0 Å². The van der Waals surface area contributed by atoms with Crippen molar-refractivity contribution in [2.45, 2.75) is 32.5 Å². The van der Waals surface area contributed by atoms with Gasteiger partial charge < -0.3 is 0 Å². The van der Waals surface area contributed by atoms with Gasteiger partial charge in [0, 0.05) is 35.8 Å². The van der Waals surface area contributed by atoms with E-state index >= 15 is 0 Å². The Morgan fingerprint density at radius 3 is 1.89 bits per heavy atom. The Morgan fingerprint density at radius 1 is 0.639 bits per heavy atom. The average molecular weight is 470 g/mol. The molecule has 0 radical (unpaired) electrons. The number of hydrogen-bond acceptors (Lipinski definition) is 0. The second kappa shape index (κ2) is 7.77. The molecule has 36 heavy (non-hydrogen) atoms. The van der Waals surface area contributed by atoms with E-state index in [-0.39, 0.29) is 5.56 Å². The lowest BCUT2D eigenvalue weighted by molar-refractivity contribution is -0.660. The summed E-state index contributed by atoms with van der Waals surface area (Å²) in [5.41, 5.74) is 10.5. The minimum atomic E-state index is -2.34. The second-order valence-electron chi connectivity index (χ2n) is 9.97. The molecule has 0 saturated carbocycles. The molecule has 0 spiro atoms. The third kappa shape index (κ3) is 2.92. The van der Waals surface area contributed by atoms with Crippen molar-refractivity contribution < 1.29 is 11.4 Å². The van der Waals surface area contributed by atoms with E-state index in [1.807, 2.05) is 97.4 Å². The molecular weight excluding hydrogens is 434 g/mol. The van der Waals surface area contributed by atoms with E-state index in [9.17, 15) is 2.74 Å². The fraction of sp³-hybridized carbons (Fsp3) is 0.171.